The van der Waals surface area contributed by atoms with Crippen molar-refractivity contribution in [2.24, 2.45) is 22.7 Å². The number of esters is 1. The van der Waals surface area contributed by atoms with E-state index in [0.717, 1.165) is 30.9 Å². The summed E-state index contributed by atoms with van der Waals surface area (Å²) >= 11 is 0. The molecular formula is C22H34O5. The molecule has 1 saturated carbocycles. The van der Waals surface area contributed by atoms with Gasteiger partial charge < -0.3 is 14.9 Å². The van der Waals surface area contributed by atoms with Gasteiger partial charge in [0.2, 0.25) is 0 Å². The number of hydrogen-bond donors (Lipinski definition) is 2. The Labute approximate surface area is 162 Å². The lowest BCUT2D eigenvalue weighted by Crippen LogP contribution is -2.49. The van der Waals surface area contributed by atoms with E-state index >= 15 is 0 Å². The number of hydrogen-bond acceptors (Lipinski definition) is 4. The fourth-order valence-electron chi connectivity index (χ4n) is 5.58. The number of carbonyl (C=O) groups is 2. The molecule has 0 heterocycles. The minimum atomic E-state index is -1.03. The topological polar surface area (TPSA) is 83.8 Å². The quantitative estimate of drug-likeness (QED) is 0.396. The van der Waals surface area contributed by atoms with Crippen LogP contribution in [0.15, 0.2) is 23.3 Å². The zero-order valence-corrected chi connectivity index (χ0v) is 17.1. The standard InChI is InChI=1S/C22H34O5/c1-15(24)27-14-16(12-20(25)26)6-8-18-17(13-23)7-9-19-21(2,3)10-5-11-22(18,19)4/h7,12,18-19,23H,5-6,8-11,13-14H2,1-4H3,(H,25,26). The number of aliphatic hydroxyl groups excluding tert-OH is 1. The van der Waals surface area contributed by atoms with E-state index in [1.807, 2.05) is 0 Å². The Morgan fingerprint density at radius 3 is 2.59 bits per heavy atom. The first-order valence-corrected chi connectivity index (χ1v) is 9.95. The highest BCUT2D eigenvalue weighted by atomic mass is 16.5. The van der Waals surface area contributed by atoms with E-state index in [2.05, 4.69) is 26.8 Å². The predicted molar refractivity (Wildman–Crippen MR) is 104 cm³/mol. The molecule has 0 spiro atoms. The monoisotopic (exact) mass is 378 g/mol. The van der Waals surface area contributed by atoms with Crippen molar-refractivity contribution in [1.29, 1.82) is 0 Å². The molecule has 2 rings (SSSR count). The van der Waals surface area contributed by atoms with Gasteiger partial charge in [-0.2, -0.15) is 0 Å². The molecule has 0 saturated heterocycles. The first-order chi connectivity index (χ1) is 12.6. The molecule has 1 fully saturated rings. The SMILES string of the molecule is CC(=O)OCC(=CC(=O)O)CCC1C(CO)=CCC2C(C)(C)CCCC12C. The van der Waals surface area contributed by atoms with Gasteiger partial charge in [-0.25, -0.2) is 4.79 Å². The number of carbonyl (C=O) groups excluding carboxylic acids is 1. The van der Waals surface area contributed by atoms with Gasteiger partial charge in [-0.1, -0.05) is 33.3 Å². The Kier molecular flexibility index (Phi) is 6.90. The van der Waals surface area contributed by atoms with Gasteiger partial charge in [0, 0.05) is 13.0 Å². The Hall–Kier alpha value is -1.62. The van der Waals surface area contributed by atoms with E-state index in [9.17, 15) is 14.7 Å². The first kappa shape index (κ1) is 21.7. The lowest BCUT2D eigenvalue weighted by atomic mass is 9.48. The summed E-state index contributed by atoms with van der Waals surface area (Å²) in [6, 6.07) is 0. The van der Waals surface area contributed by atoms with Gasteiger partial charge in [-0.15, -0.1) is 0 Å². The maximum absolute atomic E-state index is 11.1. The summed E-state index contributed by atoms with van der Waals surface area (Å²) in [6.07, 6.45) is 9.20. The molecule has 0 amide bonds. The average Bonchev–Trinajstić information content (AvgIpc) is 2.56. The van der Waals surface area contributed by atoms with Gasteiger partial charge in [0.25, 0.3) is 0 Å². The second-order valence-electron chi connectivity index (χ2n) is 9.09. The van der Waals surface area contributed by atoms with E-state index < -0.39 is 11.9 Å². The fraction of sp³-hybridized carbons (Fsp3) is 0.727. The van der Waals surface area contributed by atoms with E-state index in [4.69, 9.17) is 9.84 Å². The van der Waals surface area contributed by atoms with Crippen LogP contribution in [-0.2, 0) is 14.3 Å². The van der Waals surface area contributed by atoms with Gasteiger partial charge in [0.15, 0.2) is 0 Å². The van der Waals surface area contributed by atoms with Crippen LogP contribution >= 0.6 is 0 Å². The van der Waals surface area contributed by atoms with Crippen LogP contribution in [0, 0.1) is 22.7 Å². The number of allylic oxidation sites excluding steroid dienone is 1. The summed E-state index contributed by atoms with van der Waals surface area (Å²) in [7, 11) is 0. The molecule has 152 valence electrons. The Bertz CT molecular complexity index is 631. The highest BCUT2D eigenvalue weighted by molar-refractivity contribution is 5.80. The Balaban J connectivity index is 2.22. The predicted octanol–water partition coefficient (Wildman–Crippen LogP) is 4.11. The van der Waals surface area contributed by atoms with Crippen molar-refractivity contribution in [2.75, 3.05) is 13.2 Å². The van der Waals surface area contributed by atoms with Crippen LogP contribution in [0.3, 0.4) is 0 Å². The Morgan fingerprint density at radius 2 is 2.00 bits per heavy atom. The average molecular weight is 379 g/mol. The summed E-state index contributed by atoms with van der Waals surface area (Å²) in [5.41, 5.74) is 2.05. The summed E-state index contributed by atoms with van der Waals surface area (Å²) in [6.45, 7) is 8.43. The van der Waals surface area contributed by atoms with Crippen LogP contribution in [-0.4, -0.2) is 35.4 Å². The molecule has 3 atom stereocenters. The van der Waals surface area contributed by atoms with E-state index in [0.29, 0.717) is 17.9 Å². The molecule has 0 aromatic heterocycles. The third-order valence-electron chi connectivity index (χ3n) is 6.86. The second kappa shape index (κ2) is 8.59. The summed E-state index contributed by atoms with van der Waals surface area (Å²) in [4.78, 5) is 22.2. The molecular weight excluding hydrogens is 344 g/mol. The van der Waals surface area contributed by atoms with Gasteiger partial charge in [0.05, 0.1) is 6.61 Å². The van der Waals surface area contributed by atoms with E-state index in [-0.39, 0.29) is 30.0 Å². The third-order valence-corrected chi connectivity index (χ3v) is 6.86. The van der Waals surface area contributed by atoms with Crippen molar-refractivity contribution in [3.05, 3.63) is 23.3 Å². The van der Waals surface area contributed by atoms with E-state index in [1.54, 1.807) is 0 Å². The second-order valence-corrected chi connectivity index (χ2v) is 9.09. The van der Waals surface area contributed by atoms with Gasteiger partial charge in [0.1, 0.15) is 6.61 Å². The van der Waals surface area contributed by atoms with Crippen molar-refractivity contribution in [1.82, 2.24) is 0 Å². The molecule has 2 aliphatic carbocycles. The van der Waals surface area contributed by atoms with Crippen molar-refractivity contribution < 1.29 is 24.5 Å². The minimum absolute atomic E-state index is 0.0121. The number of aliphatic carboxylic acids is 1. The lowest BCUT2D eigenvalue weighted by Gasteiger charge is -2.57. The molecule has 0 aromatic rings. The Morgan fingerprint density at radius 1 is 1.30 bits per heavy atom. The molecule has 27 heavy (non-hydrogen) atoms. The molecule has 0 aromatic carbocycles. The zero-order chi connectivity index (χ0) is 20.2. The van der Waals surface area contributed by atoms with Crippen LogP contribution in [0.2, 0.25) is 0 Å². The molecule has 5 nitrogen and oxygen atoms in total. The van der Waals surface area contributed by atoms with Gasteiger partial charge >= 0.3 is 11.9 Å². The molecule has 5 heteroatoms. The fourth-order valence-corrected chi connectivity index (χ4v) is 5.58. The highest BCUT2D eigenvalue weighted by Crippen LogP contribution is 2.60. The number of aliphatic hydroxyl groups is 1. The lowest BCUT2D eigenvalue weighted by molar-refractivity contribution is -0.140. The van der Waals surface area contributed by atoms with Crippen LogP contribution < -0.4 is 0 Å². The maximum Gasteiger partial charge on any atom is 0.328 e. The van der Waals surface area contributed by atoms with Crippen molar-refractivity contribution in [3.63, 3.8) is 0 Å². The third kappa shape index (κ3) is 5.01. The number of carboxylic acids is 1. The van der Waals surface area contributed by atoms with E-state index in [1.165, 1.54) is 19.8 Å². The van der Waals surface area contributed by atoms with Crippen LogP contribution in [0.1, 0.15) is 66.2 Å². The molecule has 0 bridgehead atoms. The van der Waals surface area contributed by atoms with Crippen molar-refractivity contribution in [3.8, 4) is 0 Å². The zero-order valence-electron chi connectivity index (χ0n) is 17.1. The first-order valence-electron chi connectivity index (χ1n) is 9.95. The van der Waals surface area contributed by atoms with Crippen LogP contribution in [0.4, 0.5) is 0 Å². The summed E-state index contributed by atoms with van der Waals surface area (Å²) < 4.78 is 5.03. The molecule has 3 unspecified atom stereocenters. The number of ether oxygens (including phenoxy) is 1. The number of fused-ring (bicyclic) bond motifs is 1. The molecule has 0 radical (unpaired) electrons. The molecule has 2 N–H and O–H groups in total. The summed E-state index contributed by atoms with van der Waals surface area (Å²) in [5.74, 6) is -0.669. The van der Waals surface area contributed by atoms with Gasteiger partial charge in [-0.05, 0) is 65.9 Å². The normalized spacial score (nSPS) is 30.3. The van der Waals surface area contributed by atoms with Crippen molar-refractivity contribution in [2.45, 2.75) is 66.2 Å². The number of carboxylic acid groups (broad SMARTS) is 1. The maximum atomic E-state index is 11.1. The minimum Gasteiger partial charge on any atom is -0.478 e. The smallest absolute Gasteiger partial charge is 0.328 e. The largest absolute Gasteiger partial charge is 0.478 e. The molecule has 0 aliphatic heterocycles. The number of rotatable bonds is 7. The van der Waals surface area contributed by atoms with Gasteiger partial charge in [-0.3, -0.25) is 4.79 Å². The summed E-state index contributed by atoms with van der Waals surface area (Å²) in [5, 5.41) is 19.1. The van der Waals surface area contributed by atoms with Crippen molar-refractivity contribution >= 4 is 11.9 Å². The van der Waals surface area contributed by atoms with Crippen LogP contribution in [0.25, 0.3) is 0 Å². The van der Waals surface area contributed by atoms with Crippen LogP contribution in [0.5, 0.6) is 0 Å². The highest BCUT2D eigenvalue weighted by Gasteiger charge is 2.51. The molecule has 2 aliphatic rings.